The van der Waals surface area contributed by atoms with Gasteiger partial charge in [-0.1, -0.05) is 26.2 Å². The first-order chi connectivity index (χ1) is 8.11. The van der Waals surface area contributed by atoms with Crippen LogP contribution in [0, 0.1) is 5.92 Å². The van der Waals surface area contributed by atoms with Crippen molar-refractivity contribution in [3.63, 3.8) is 0 Å². The summed E-state index contributed by atoms with van der Waals surface area (Å²) in [6, 6.07) is 1.45. The molecule has 2 rings (SSSR count). The molecule has 0 aromatic rings. The van der Waals surface area contributed by atoms with Crippen LogP contribution in [-0.4, -0.2) is 24.3 Å². The van der Waals surface area contributed by atoms with Gasteiger partial charge in [0.1, 0.15) is 0 Å². The fraction of sp³-hybridized carbons (Fsp3) is 1.00. The Balaban J connectivity index is 1.86. The highest BCUT2D eigenvalue weighted by Crippen LogP contribution is 2.30. The van der Waals surface area contributed by atoms with Gasteiger partial charge < -0.3 is 10.1 Å². The SMILES string of the molecule is CCC1CCCCC1NC1CCOC(C)(C)C1. The molecular formula is C15H29NO. The van der Waals surface area contributed by atoms with E-state index in [9.17, 15) is 0 Å². The van der Waals surface area contributed by atoms with Crippen LogP contribution in [-0.2, 0) is 4.74 Å². The van der Waals surface area contributed by atoms with Gasteiger partial charge in [-0.05, 0) is 45.4 Å². The van der Waals surface area contributed by atoms with E-state index in [-0.39, 0.29) is 5.60 Å². The lowest BCUT2D eigenvalue weighted by Crippen LogP contribution is -2.50. The molecule has 0 bridgehead atoms. The summed E-state index contributed by atoms with van der Waals surface area (Å²) in [5, 5.41) is 3.93. The smallest absolute Gasteiger partial charge is 0.0641 e. The standard InChI is InChI=1S/C15H29NO/c1-4-12-7-5-6-8-14(12)16-13-9-10-17-15(2,3)11-13/h12-14,16H,4-11H2,1-3H3. The summed E-state index contributed by atoms with van der Waals surface area (Å²) < 4.78 is 5.80. The fourth-order valence-electron chi connectivity index (χ4n) is 3.59. The van der Waals surface area contributed by atoms with E-state index >= 15 is 0 Å². The largest absolute Gasteiger partial charge is 0.375 e. The molecule has 0 aromatic carbocycles. The molecule has 3 unspecified atom stereocenters. The lowest BCUT2D eigenvalue weighted by molar-refractivity contribution is -0.0655. The zero-order chi connectivity index (χ0) is 12.3. The van der Waals surface area contributed by atoms with Crippen LogP contribution in [0.5, 0.6) is 0 Å². The molecule has 2 heteroatoms. The van der Waals surface area contributed by atoms with E-state index in [0.29, 0.717) is 6.04 Å². The van der Waals surface area contributed by atoms with E-state index in [1.54, 1.807) is 0 Å². The van der Waals surface area contributed by atoms with E-state index < -0.39 is 0 Å². The van der Waals surface area contributed by atoms with E-state index in [0.717, 1.165) is 18.6 Å². The first-order valence-corrected chi connectivity index (χ1v) is 7.51. The molecule has 0 amide bonds. The van der Waals surface area contributed by atoms with Crippen LogP contribution in [0.4, 0.5) is 0 Å². The third-order valence-electron chi connectivity index (χ3n) is 4.58. The van der Waals surface area contributed by atoms with Gasteiger partial charge in [0.15, 0.2) is 0 Å². The fourth-order valence-corrected chi connectivity index (χ4v) is 3.59. The molecule has 1 N–H and O–H groups in total. The average Bonchev–Trinajstić information content (AvgIpc) is 2.28. The summed E-state index contributed by atoms with van der Waals surface area (Å²) in [5.74, 6) is 0.912. The van der Waals surface area contributed by atoms with Crippen molar-refractivity contribution in [1.82, 2.24) is 5.32 Å². The lowest BCUT2D eigenvalue weighted by Gasteiger charge is -2.40. The summed E-state index contributed by atoms with van der Waals surface area (Å²) in [6.07, 6.45) is 9.37. The monoisotopic (exact) mass is 239 g/mol. The van der Waals surface area contributed by atoms with E-state index in [1.807, 2.05) is 0 Å². The van der Waals surface area contributed by atoms with Crippen molar-refractivity contribution in [3.05, 3.63) is 0 Å². The highest BCUT2D eigenvalue weighted by molar-refractivity contribution is 4.88. The number of rotatable bonds is 3. The Morgan fingerprint density at radius 1 is 1.18 bits per heavy atom. The number of hydrogen-bond acceptors (Lipinski definition) is 2. The number of hydrogen-bond donors (Lipinski definition) is 1. The van der Waals surface area contributed by atoms with E-state index in [4.69, 9.17) is 4.74 Å². The minimum Gasteiger partial charge on any atom is -0.375 e. The molecule has 1 heterocycles. The Morgan fingerprint density at radius 3 is 2.65 bits per heavy atom. The van der Waals surface area contributed by atoms with Crippen LogP contribution in [0.1, 0.15) is 65.7 Å². The first kappa shape index (κ1) is 13.4. The maximum absolute atomic E-state index is 5.80. The Labute approximate surface area is 107 Å². The molecule has 1 aliphatic carbocycles. The van der Waals surface area contributed by atoms with Gasteiger partial charge in [-0.25, -0.2) is 0 Å². The van der Waals surface area contributed by atoms with Crippen LogP contribution in [0.3, 0.4) is 0 Å². The summed E-state index contributed by atoms with van der Waals surface area (Å²) in [5.41, 5.74) is 0.0757. The van der Waals surface area contributed by atoms with Crippen molar-refractivity contribution in [2.24, 2.45) is 5.92 Å². The third kappa shape index (κ3) is 3.69. The Hall–Kier alpha value is -0.0800. The van der Waals surface area contributed by atoms with E-state index in [1.165, 1.54) is 44.9 Å². The molecule has 0 spiro atoms. The van der Waals surface area contributed by atoms with Gasteiger partial charge in [-0.3, -0.25) is 0 Å². The lowest BCUT2D eigenvalue weighted by atomic mass is 9.81. The minimum atomic E-state index is 0.0757. The van der Waals surface area contributed by atoms with Crippen molar-refractivity contribution in [2.45, 2.75) is 83.4 Å². The van der Waals surface area contributed by atoms with Crippen molar-refractivity contribution in [3.8, 4) is 0 Å². The topological polar surface area (TPSA) is 21.3 Å². The quantitative estimate of drug-likeness (QED) is 0.814. The number of nitrogens with one attached hydrogen (secondary N) is 1. The van der Waals surface area contributed by atoms with E-state index in [2.05, 4.69) is 26.1 Å². The second-order valence-electron chi connectivity index (χ2n) is 6.52. The molecule has 2 aliphatic rings. The molecule has 2 nitrogen and oxygen atoms in total. The normalized spacial score (nSPS) is 37.9. The molecule has 1 saturated carbocycles. The molecule has 0 aromatic heterocycles. The zero-order valence-electron chi connectivity index (χ0n) is 11.8. The second kappa shape index (κ2) is 5.71. The number of ether oxygens (including phenoxy) is 1. The van der Waals surface area contributed by atoms with Crippen LogP contribution >= 0.6 is 0 Å². The molecular weight excluding hydrogens is 210 g/mol. The molecule has 3 atom stereocenters. The summed E-state index contributed by atoms with van der Waals surface area (Å²) >= 11 is 0. The van der Waals surface area contributed by atoms with Gasteiger partial charge in [0, 0.05) is 18.7 Å². The van der Waals surface area contributed by atoms with Gasteiger partial charge in [-0.2, -0.15) is 0 Å². The second-order valence-corrected chi connectivity index (χ2v) is 6.52. The summed E-state index contributed by atoms with van der Waals surface area (Å²) in [6.45, 7) is 7.71. The van der Waals surface area contributed by atoms with Gasteiger partial charge >= 0.3 is 0 Å². The molecule has 100 valence electrons. The highest BCUT2D eigenvalue weighted by atomic mass is 16.5. The van der Waals surface area contributed by atoms with Crippen LogP contribution < -0.4 is 5.32 Å². The Bertz CT molecular complexity index is 239. The maximum Gasteiger partial charge on any atom is 0.0641 e. The first-order valence-electron chi connectivity index (χ1n) is 7.51. The molecule has 2 fully saturated rings. The molecule has 0 radical (unpaired) electrons. The minimum absolute atomic E-state index is 0.0757. The average molecular weight is 239 g/mol. The van der Waals surface area contributed by atoms with Gasteiger partial charge in [0.2, 0.25) is 0 Å². The zero-order valence-corrected chi connectivity index (χ0v) is 11.8. The summed E-state index contributed by atoms with van der Waals surface area (Å²) in [4.78, 5) is 0. The predicted molar refractivity (Wildman–Crippen MR) is 72.2 cm³/mol. The highest BCUT2D eigenvalue weighted by Gasteiger charge is 2.32. The third-order valence-corrected chi connectivity index (χ3v) is 4.58. The predicted octanol–water partition coefficient (Wildman–Crippen LogP) is 3.50. The van der Waals surface area contributed by atoms with Crippen molar-refractivity contribution >= 4 is 0 Å². The van der Waals surface area contributed by atoms with Crippen molar-refractivity contribution in [1.29, 1.82) is 0 Å². The van der Waals surface area contributed by atoms with Crippen LogP contribution in [0.15, 0.2) is 0 Å². The Kier molecular flexibility index (Phi) is 4.48. The van der Waals surface area contributed by atoms with Crippen LogP contribution in [0.25, 0.3) is 0 Å². The Morgan fingerprint density at radius 2 is 1.94 bits per heavy atom. The molecule has 1 aliphatic heterocycles. The molecule has 1 saturated heterocycles. The molecule has 17 heavy (non-hydrogen) atoms. The van der Waals surface area contributed by atoms with Crippen LogP contribution in [0.2, 0.25) is 0 Å². The van der Waals surface area contributed by atoms with Gasteiger partial charge in [0.25, 0.3) is 0 Å². The van der Waals surface area contributed by atoms with Gasteiger partial charge in [0.05, 0.1) is 5.60 Å². The van der Waals surface area contributed by atoms with Crippen molar-refractivity contribution < 1.29 is 4.74 Å². The summed E-state index contributed by atoms with van der Waals surface area (Å²) in [7, 11) is 0. The van der Waals surface area contributed by atoms with Gasteiger partial charge in [-0.15, -0.1) is 0 Å². The maximum atomic E-state index is 5.80. The van der Waals surface area contributed by atoms with Crippen molar-refractivity contribution in [2.75, 3.05) is 6.61 Å².